The van der Waals surface area contributed by atoms with Gasteiger partial charge in [-0.1, -0.05) is 36.9 Å². The number of hydrogen-bond donors (Lipinski definition) is 1. The molecule has 0 atom stereocenters. The summed E-state index contributed by atoms with van der Waals surface area (Å²) in [5.74, 6) is 0.589. The summed E-state index contributed by atoms with van der Waals surface area (Å²) in [6.45, 7) is 11.4. The molecule has 3 aromatic rings. The van der Waals surface area contributed by atoms with Gasteiger partial charge in [0.15, 0.2) is 5.82 Å². The van der Waals surface area contributed by atoms with Crippen LogP contribution in [0.3, 0.4) is 0 Å². The SMILES string of the molecule is Cc1cncc(-n2cc(C(=O)NCC3(N4CCN(C(C)C)CC4)CCCCC3)c3c(Cl)cccc32)n1. The minimum absolute atomic E-state index is 0.0289. The molecule has 2 aliphatic rings. The van der Waals surface area contributed by atoms with Gasteiger partial charge in [0.1, 0.15) is 0 Å². The topological polar surface area (TPSA) is 66.3 Å². The predicted molar refractivity (Wildman–Crippen MR) is 145 cm³/mol. The molecular formula is C28H37ClN6O. The quantitative estimate of drug-likeness (QED) is 0.516. The molecule has 2 fully saturated rings. The maximum absolute atomic E-state index is 13.7. The van der Waals surface area contributed by atoms with Crippen molar-refractivity contribution in [2.75, 3.05) is 32.7 Å². The first kappa shape index (κ1) is 25.2. The number of aromatic nitrogens is 3. The number of halogens is 1. The third-order valence-electron chi connectivity index (χ3n) is 8.09. The second-order valence-electron chi connectivity index (χ2n) is 10.6. The van der Waals surface area contributed by atoms with Crippen molar-refractivity contribution in [3.05, 3.63) is 53.1 Å². The van der Waals surface area contributed by atoms with E-state index in [2.05, 4.69) is 38.9 Å². The summed E-state index contributed by atoms with van der Waals surface area (Å²) in [5.41, 5.74) is 2.28. The molecule has 3 heterocycles. The molecule has 2 aromatic heterocycles. The first-order valence-corrected chi connectivity index (χ1v) is 13.6. The summed E-state index contributed by atoms with van der Waals surface area (Å²) in [6, 6.07) is 6.29. The van der Waals surface area contributed by atoms with Crippen molar-refractivity contribution in [3.8, 4) is 5.82 Å². The van der Waals surface area contributed by atoms with Crippen molar-refractivity contribution >= 4 is 28.4 Å². The van der Waals surface area contributed by atoms with Gasteiger partial charge in [-0.2, -0.15) is 0 Å². The molecule has 1 N–H and O–H groups in total. The Morgan fingerprint density at radius 1 is 1.11 bits per heavy atom. The Labute approximate surface area is 218 Å². The molecule has 0 bridgehead atoms. The Bertz CT molecular complexity index is 1220. The first-order valence-electron chi connectivity index (χ1n) is 13.2. The number of benzene rings is 1. The highest BCUT2D eigenvalue weighted by Crippen LogP contribution is 2.35. The molecule has 192 valence electrons. The van der Waals surface area contributed by atoms with E-state index < -0.39 is 0 Å². The van der Waals surface area contributed by atoms with Gasteiger partial charge in [0, 0.05) is 62.1 Å². The molecule has 0 unspecified atom stereocenters. The standard InChI is InChI=1S/C28H37ClN6O/c1-20(2)33-12-14-34(15-13-33)28(10-5-4-6-11-28)19-31-27(36)22-18-35(25-17-30-16-21(3)32-25)24-9-7-8-23(29)26(22)24/h7-9,16-18,20H,4-6,10-15,19H2,1-3H3,(H,31,36). The molecule has 0 radical (unpaired) electrons. The summed E-state index contributed by atoms with van der Waals surface area (Å²) in [7, 11) is 0. The zero-order valence-corrected chi connectivity index (χ0v) is 22.4. The summed E-state index contributed by atoms with van der Waals surface area (Å²) >= 11 is 6.63. The van der Waals surface area contributed by atoms with Crippen LogP contribution in [0.15, 0.2) is 36.8 Å². The lowest BCUT2D eigenvalue weighted by molar-refractivity contribution is 0.000839. The van der Waals surface area contributed by atoms with Crippen LogP contribution in [0.5, 0.6) is 0 Å². The number of nitrogens with one attached hydrogen (secondary N) is 1. The van der Waals surface area contributed by atoms with E-state index in [-0.39, 0.29) is 11.4 Å². The number of piperazine rings is 1. The number of carbonyl (C=O) groups excluding carboxylic acids is 1. The largest absolute Gasteiger partial charge is 0.350 e. The lowest BCUT2D eigenvalue weighted by Crippen LogP contribution is -2.62. The van der Waals surface area contributed by atoms with Gasteiger partial charge in [-0.05, 0) is 45.7 Å². The van der Waals surface area contributed by atoms with Gasteiger partial charge in [0.25, 0.3) is 5.91 Å². The molecule has 7 nitrogen and oxygen atoms in total. The monoisotopic (exact) mass is 508 g/mol. The lowest BCUT2D eigenvalue weighted by Gasteiger charge is -2.50. The number of aryl methyl sites for hydroxylation is 1. The summed E-state index contributed by atoms with van der Waals surface area (Å²) in [4.78, 5) is 27.8. The van der Waals surface area contributed by atoms with E-state index in [4.69, 9.17) is 11.6 Å². The minimum atomic E-state index is -0.0850. The molecule has 1 aliphatic carbocycles. The highest BCUT2D eigenvalue weighted by atomic mass is 35.5. The smallest absolute Gasteiger partial charge is 0.253 e. The van der Waals surface area contributed by atoms with Crippen LogP contribution in [0.4, 0.5) is 0 Å². The van der Waals surface area contributed by atoms with E-state index in [9.17, 15) is 4.79 Å². The highest BCUT2D eigenvalue weighted by molar-refractivity contribution is 6.37. The van der Waals surface area contributed by atoms with Crippen molar-refractivity contribution in [2.45, 2.75) is 64.5 Å². The van der Waals surface area contributed by atoms with Crippen molar-refractivity contribution < 1.29 is 4.79 Å². The summed E-state index contributed by atoms with van der Waals surface area (Å²) in [5, 5.41) is 4.65. The number of amides is 1. The van der Waals surface area contributed by atoms with Crippen molar-refractivity contribution in [1.29, 1.82) is 0 Å². The van der Waals surface area contributed by atoms with Gasteiger partial charge in [0.05, 0.1) is 28.0 Å². The first-order chi connectivity index (χ1) is 17.4. The third-order valence-corrected chi connectivity index (χ3v) is 8.41. The number of hydrogen-bond acceptors (Lipinski definition) is 5. The molecule has 1 aliphatic heterocycles. The van der Waals surface area contributed by atoms with Gasteiger partial charge in [-0.25, -0.2) is 4.98 Å². The zero-order valence-electron chi connectivity index (χ0n) is 21.6. The van der Waals surface area contributed by atoms with Crippen LogP contribution in [0.25, 0.3) is 16.7 Å². The average molecular weight is 509 g/mol. The van der Waals surface area contributed by atoms with Crippen LogP contribution in [0.2, 0.25) is 5.02 Å². The fourth-order valence-electron chi connectivity index (χ4n) is 6.04. The zero-order chi connectivity index (χ0) is 25.3. The van der Waals surface area contributed by atoms with Crippen LogP contribution in [-0.4, -0.2) is 74.5 Å². The van der Waals surface area contributed by atoms with Crippen LogP contribution >= 0.6 is 11.6 Å². The minimum Gasteiger partial charge on any atom is -0.350 e. The summed E-state index contributed by atoms with van der Waals surface area (Å²) in [6.07, 6.45) is 11.3. The molecular weight excluding hydrogens is 472 g/mol. The molecule has 1 aromatic carbocycles. The predicted octanol–water partition coefficient (Wildman–Crippen LogP) is 4.84. The maximum Gasteiger partial charge on any atom is 0.253 e. The molecule has 1 saturated heterocycles. The van der Waals surface area contributed by atoms with E-state index in [1.807, 2.05) is 35.9 Å². The van der Waals surface area contributed by atoms with Crippen molar-refractivity contribution in [2.24, 2.45) is 0 Å². The van der Waals surface area contributed by atoms with Gasteiger partial charge in [0.2, 0.25) is 0 Å². The Balaban J connectivity index is 1.41. The van der Waals surface area contributed by atoms with Gasteiger partial charge in [-0.15, -0.1) is 0 Å². The number of carbonyl (C=O) groups is 1. The maximum atomic E-state index is 13.7. The third kappa shape index (κ3) is 4.89. The molecule has 36 heavy (non-hydrogen) atoms. The average Bonchev–Trinajstić information content (AvgIpc) is 3.29. The van der Waals surface area contributed by atoms with E-state index in [1.54, 1.807) is 12.4 Å². The van der Waals surface area contributed by atoms with Crippen LogP contribution < -0.4 is 5.32 Å². The molecule has 5 rings (SSSR count). The Hall–Kier alpha value is -2.48. The van der Waals surface area contributed by atoms with E-state index >= 15 is 0 Å². The van der Waals surface area contributed by atoms with E-state index in [0.717, 1.165) is 55.6 Å². The Kier molecular flexibility index (Phi) is 7.33. The van der Waals surface area contributed by atoms with E-state index in [1.165, 1.54) is 19.3 Å². The van der Waals surface area contributed by atoms with Crippen LogP contribution in [-0.2, 0) is 0 Å². The van der Waals surface area contributed by atoms with Crippen molar-refractivity contribution in [3.63, 3.8) is 0 Å². The van der Waals surface area contributed by atoms with Gasteiger partial charge in [-0.3, -0.25) is 24.1 Å². The second kappa shape index (κ2) is 10.5. The lowest BCUT2D eigenvalue weighted by atomic mass is 9.79. The van der Waals surface area contributed by atoms with Gasteiger partial charge < -0.3 is 5.32 Å². The summed E-state index contributed by atoms with van der Waals surface area (Å²) < 4.78 is 1.91. The number of nitrogens with zero attached hydrogens (tertiary/aromatic N) is 5. The second-order valence-corrected chi connectivity index (χ2v) is 11.1. The molecule has 1 saturated carbocycles. The highest BCUT2D eigenvalue weighted by Gasteiger charge is 2.40. The number of fused-ring (bicyclic) bond motifs is 1. The van der Waals surface area contributed by atoms with Gasteiger partial charge >= 0.3 is 0 Å². The normalized spacial score (nSPS) is 19.1. The number of rotatable bonds is 6. The Morgan fingerprint density at radius 3 is 2.56 bits per heavy atom. The van der Waals surface area contributed by atoms with Crippen molar-refractivity contribution in [1.82, 2.24) is 29.7 Å². The fourth-order valence-corrected chi connectivity index (χ4v) is 6.31. The molecule has 1 amide bonds. The fraction of sp³-hybridized carbons (Fsp3) is 0.536. The molecule has 0 spiro atoms. The molecule has 8 heteroatoms. The Morgan fingerprint density at radius 2 is 1.86 bits per heavy atom. The van der Waals surface area contributed by atoms with E-state index in [0.29, 0.717) is 29.0 Å². The van der Waals surface area contributed by atoms with Crippen LogP contribution in [0, 0.1) is 6.92 Å². The van der Waals surface area contributed by atoms with Crippen LogP contribution in [0.1, 0.15) is 62.0 Å².